The van der Waals surface area contributed by atoms with Crippen LogP contribution in [-0.4, -0.2) is 36.3 Å². The van der Waals surface area contributed by atoms with Gasteiger partial charge in [0, 0.05) is 6.42 Å². The molecule has 0 rings (SSSR count). The summed E-state index contributed by atoms with van der Waals surface area (Å²) < 4.78 is 110. The third kappa shape index (κ3) is 11.2. The van der Waals surface area contributed by atoms with Gasteiger partial charge in [0.2, 0.25) is 0 Å². The maximum absolute atomic E-state index is 13.5. The molecule has 150 valence electrons. The fraction of sp³-hybridized carbons (Fsp3) is 0.933. The third-order valence-electron chi connectivity index (χ3n) is 3.33. The lowest BCUT2D eigenvalue weighted by Crippen LogP contribution is -2.38. The summed E-state index contributed by atoms with van der Waals surface area (Å²) >= 11 is 0. The Morgan fingerprint density at radius 3 is 1.76 bits per heavy atom. The zero-order chi connectivity index (χ0) is 20.1. The minimum absolute atomic E-state index is 0.124. The summed E-state index contributed by atoms with van der Waals surface area (Å²) in [5.74, 6) is -18.4. The Labute approximate surface area is 140 Å². The molecular weight excluding hydrogens is 364 g/mol. The number of hydrogen-bond donors (Lipinski definition) is 0. The Morgan fingerprint density at radius 1 is 0.880 bits per heavy atom. The first-order valence-electron chi connectivity index (χ1n) is 7.67. The summed E-state index contributed by atoms with van der Waals surface area (Å²) in [6, 6.07) is 0. The van der Waals surface area contributed by atoms with Crippen LogP contribution in [0.2, 0.25) is 0 Å². The number of carbonyl (C=O) groups excluding carboxylic acids is 1. The summed E-state index contributed by atoms with van der Waals surface area (Å²) in [6.45, 7) is 2.41. The van der Waals surface area contributed by atoms with Crippen LogP contribution in [0.1, 0.15) is 52.9 Å². The second-order valence-electron chi connectivity index (χ2n) is 6.40. The topological polar surface area (TPSA) is 26.3 Å². The number of halogens is 8. The van der Waals surface area contributed by atoms with E-state index in [1.807, 2.05) is 0 Å². The number of ether oxygens (including phenoxy) is 1. The zero-order valence-corrected chi connectivity index (χ0v) is 14.2. The van der Waals surface area contributed by atoms with E-state index < -0.39 is 67.9 Å². The zero-order valence-electron chi connectivity index (χ0n) is 14.2. The van der Waals surface area contributed by atoms with E-state index in [9.17, 15) is 39.9 Å². The predicted molar refractivity (Wildman–Crippen MR) is 74.3 cm³/mol. The molecule has 1 unspecified atom stereocenters. The van der Waals surface area contributed by atoms with Gasteiger partial charge in [-0.1, -0.05) is 13.8 Å². The standard InChI is InChI=1S/C15H22F8O2/c1-4-10(2)11(24)25-6-5-13(18,19)8-15(22,23)9-14(20,21)7-12(3,16)17/h10H,4-9H2,1-3H3. The van der Waals surface area contributed by atoms with E-state index in [2.05, 4.69) is 4.74 Å². The van der Waals surface area contributed by atoms with E-state index in [-0.39, 0.29) is 6.92 Å². The molecule has 0 N–H and O–H groups in total. The fourth-order valence-corrected chi connectivity index (χ4v) is 2.03. The lowest BCUT2D eigenvalue weighted by atomic mass is 9.98. The van der Waals surface area contributed by atoms with Crippen molar-refractivity contribution in [3.8, 4) is 0 Å². The van der Waals surface area contributed by atoms with E-state index in [1.54, 1.807) is 6.92 Å². The van der Waals surface area contributed by atoms with Crippen molar-refractivity contribution in [1.29, 1.82) is 0 Å². The van der Waals surface area contributed by atoms with E-state index >= 15 is 0 Å². The minimum Gasteiger partial charge on any atom is -0.465 e. The van der Waals surface area contributed by atoms with Gasteiger partial charge in [0.1, 0.15) is 0 Å². The lowest BCUT2D eigenvalue weighted by Gasteiger charge is -2.28. The van der Waals surface area contributed by atoms with Crippen molar-refractivity contribution in [3.05, 3.63) is 0 Å². The van der Waals surface area contributed by atoms with Crippen LogP contribution in [0.5, 0.6) is 0 Å². The van der Waals surface area contributed by atoms with Crippen molar-refractivity contribution >= 4 is 5.97 Å². The molecule has 0 amide bonds. The molecule has 0 radical (unpaired) electrons. The van der Waals surface area contributed by atoms with Gasteiger partial charge in [0.15, 0.2) is 0 Å². The van der Waals surface area contributed by atoms with Gasteiger partial charge >= 0.3 is 5.97 Å². The average Bonchev–Trinajstić information content (AvgIpc) is 2.30. The van der Waals surface area contributed by atoms with Crippen LogP contribution in [0.25, 0.3) is 0 Å². The Hall–Kier alpha value is -1.09. The Balaban J connectivity index is 4.61. The second-order valence-corrected chi connectivity index (χ2v) is 6.40. The number of alkyl halides is 8. The predicted octanol–water partition coefficient (Wildman–Crippen LogP) is 5.70. The molecule has 0 bridgehead atoms. The molecule has 0 saturated carbocycles. The first-order valence-corrected chi connectivity index (χ1v) is 7.67. The highest BCUT2D eigenvalue weighted by molar-refractivity contribution is 5.71. The van der Waals surface area contributed by atoms with Crippen molar-refractivity contribution < 1.29 is 44.7 Å². The third-order valence-corrected chi connectivity index (χ3v) is 3.33. The van der Waals surface area contributed by atoms with Gasteiger partial charge in [-0.25, -0.2) is 35.1 Å². The first kappa shape index (κ1) is 23.9. The molecule has 25 heavy (non-hydrogen) atoms. The molecule has 0 aromatic heterocycles. The number of carbonyl (C=O) groups is 1. The Kier molecular flexibility index (Phi) is 8.16. The molecule has 2 nitrogen and oxygen atoms in total. The van der Waals surface area contributed by atoms with E-state index in [0.29, 0.717) is 6.42 Å². The summed E-state index contributed by atoms with van der Waals surface area (Å²) in [5.41, 5.74) is 0. The maximum Gasteiger partial charge on any atom is 0.308 e. The van der Waals surface area contributed by atoms with Crippen LogP contribution >= 0.6 is 0 Å². The highest BCUT2D eigenvalue weighted by Gasteiger charge is 2.51. The largest absolute Gasteiger partial charge is 0.465 e. The summed E-state index contributed by atoms with van der Waals surface area (Å²) in [6.07, 6.45) is -7.70. The number of hydrogen-bond acceptors (Lipinski definition) is 2. The molecule has 0 aliphatic heterocycles. The van der Waals surface area contributed by atoms with Gasteiger partial charge in [-0.05, 0) is 13.3 Å². The monoisotopic (exact) mass is 386 g/mol. The minimum atomic E-state index is -4.56. The Bertz CT molecular complexity index is 432. The number of esters is 1. The van der Waals surface area contributed by atoms with Crippen LogP contribution < -0.4 is 0 Å². The number of rotatable bonds is 11. The summed E-state index contributed by atoms with van der Waals surface area (Å²) in [4.78, 5) is 11.3. The normalized spacial score (nSPS) is 15.2. The molecule has 0 heterocycles. The van der Waals surface area contributed by atoms with E-state index in [0.717, 1.165) is 0 Å². The SMILES string of the molecule is CCC(C)C(=O)OCCC(F)(F)CC(F)(F)CC(F)(F)CC(C)(F)F. The average molecular weight is 386 g/mol. The molecule has 1 atom stereocenters. The quantitative estimate of drug-likeness (QED) is 0.336. The van der Waals surface area contributed by atoms with Crippen molar-refractivity contribution in [3.63, 3.8) is 0 Å². The van der Waals surface area contributed by atoms with Crippen LogP contribution in [0.15, 0.2) is 0 Å². The maximum atomic E-state index is 13.5. The van der Waals surface area contributed by atoms with E-state index in [1.165, 1.54) is 6.92 Å². The highest BCUT2D eigenvalue weighted by atomic mass is 19.3. The summed E-state index contributed by atoms with van der Waals surface area (Å²) in [7, 11) is 0. The molecular formula is C15H22F8O2. The molecule has 0 aromatic carbocycles. The second kappa shape index (κ2) is 8.53. The summed E-state index contributed by atoms with van der Waals surface area (Å²) in [5, 5.41) is 0. The van der Waals surface area contributed by atoms with Crippen molar-refractivity contribution in [2.24, 2.45) is 5.92 Å². The smallest absolute Gasteiger partial charge is 0.308 e. The van der Waals surface area contributed by atoms with Gasteiger partial charge in [0.25, 0.3) is 23.7 Å². The van der Waals surface area contributed by atoms with Crippen molar-refractivity contribution in [2.45, 2.75) is 76.6 Å². The van der Waals surface area contributed by atoms with Gasteiger partial charge in [-0.3, -0.25) is 4.79 Å². The highest BCUT2D eigenvalue weighted by Crippen LogP contribution is 2.43. The van der Waals surface area contributed by atoms with Crippen molar-refractivity contribution in [1.82, 2.24) is 0 Å². The molecule has 0 fully saturated rings. The van der Waals surface area contributed by atoms with Crippen LogP contribution in [0.3, 0.4) is 0 Å². The molecule has 0 aliphatic rings. The molecule has 0 spiro atoms. The lowest BCUT2D eigenvalue weighted by molar-refractivity contribution is -0.179. The van der Waals surface area contributed by atoms with Crippen LogP contribution in [0.4, 0.5) is 35.1 Å². The molecule has 0 saturated heterocycles. The van der Waals surface area contributed by atoms with Gasteiger partial charge in [0.05, 0.1) is 31.8 Å². The van der Waals surface area contributed by atoms with Gasteiger partial charge in [-0.2, -0.15) is 0 Å². The van der Waals surface area contributed by atoms with Crippen LogP contribution in [-0.2, 0) is 9.53 Å². The van der Waals surface area contributed by atoms with Gasteiger partial charge < -0.3 is 4.74 Å². The fourth-order valence-electron chi connectivity index (χ4n) is 2.03. The van der Waals surface area contributed by atoms with Crippen LogP contribution in [0, 0.1) is 5.92 Å². The molecule has 10 heteroatoms. The Morgan fingerprint density at radius 2 is 1.32 bits per heavy atom. The van der Waals surface area contributed by atoms with Gasteiger partial charge in [-0.15, -0.1) is 0 Å². The molecule has 0 aromatic rings. The molecule has 0 aliphatic carbocycles. The first-order chi connectivity index (χ1) is 11.0. The van der Waals surface area contributed by atoms with Crippen molar-refractivity contribution in [2.75, 3.05) is 6.61 Å². The van der Waals surface area contributed by atoms with E-state index in [4.69, 9.17) is 0 Å².